The van der Waals surface area contributed by atoms with E-state index in [1.165, 1.54) is 0 Å². The Labute approximate surface area is 143 Å². The standard InChI is InChI=1S/C17H17BrN2O3/c1-22-15-9-13(8-14(18)17(15)23-2)11-19-20-16(21)10-12-6-4-3-5-7-12/h3-9,11H,10H2,1-2H3,(H,20,21). The fourth-order valence-corrected chi connectivity index (χ4v) is 2.63. The number of ether oxygens (including phenoxy) is 2. The first-order valence-electron chi connectivity index (χ1n) is 6.91. The Morgan fingerprint density at radius 1 is 1.22 bits per heavy atom. The summed E-state index contributed by atoms with van der Waals surface area (Å²) in [4.78, 5) is 11.8. The lowest BCUT2D eigenvalue weighted by Gasteiger charge is -2.10. The van der Waals surface area contributed by atoms with E-state index in [-0.39, 0.29) is 12.3 Å². The number of carbonyl (C=O) groups excluding carboxylic acids is 1. The lowest BCUT2D eigenvalue weighted by Crippen LogP contribution is -2.19. The molecule has 6 heteroatoms. The number of methoxy groups -OCH3 is 2. The summed E-state index contributed by atoms with van der Waals surface area (Å²) in [5.74, 6) is 1.02. The summed E-state index contributed by atoms with van der Waals surface area (Å²) >= 11 is 3.41. The maximum Gasteiger partial charge on any atom is 0.244 e. The van der Waals surface area contributed by atoms with Gasteiger partial charge in [0.25, 0.3) is 0 Å². The minimum atomic E-state index is -0.174. The molecule has 0 aromatic heterocycles. The number of carbonyl (C=O) groups is 1. The summed E-state index contributed by atoms with van der Waals surface area (Å²) in [5.41, 5.74) is 4.22. The molecule has 2 aromatic carbocycles. The van der Waals surface area contributed by atoms with Crippen LogP contribution in [-0.4, -0.2) is 26.3 Å². The van der Waals surface area contributed by atoms with Crippen LogP contribution in [0.3, 0.4) is 0 Å². The van der Waals surface area contributed by atoms with Crippen molar-refractivity contribution in [1.29, 1.82) is 0 Å². The van der Waals surface area contributed by atoms with Gasteiger partial charge in [-0.3, -0.25) is 4.79 Å². The van der Waals surface area contributed by atoms with Crippen molar-refractivity contribution in [3.05, 3.63) is 58.1 Å². The molecule has 1 amide bonds. The van der Waals surface area contributed by atoms with E-state index in [0.717, 1.165) is 15.6 Å². The van der Waals surface area contributed by atoms with Crippen LogP contribution in [0.15, 0.2) is 52.0 Å². The number of benzene rings is 2. The van der Waals surface area contributed by atoms with Gasteiger partial charge in [0.15, 0.2) is 11.5 Å². The van der Waals surface area contributed by atoms with Crippen LogP contribution in [0.1, 0.15) is 11.1 Å². The normalized spacial score (nSPS) is 10.6. The lowest BCUT2D eigenvalue weighted by molar-refractivity contribution is -0.120. The van der Waals surface area contributed by atoms with Crippen LogP contribution in [0.2, 0.25) is 0 Å². The van der Waals surface area contributed by atoms with Gasteiger partial charge in [-0.2, -0.15) is 5.10 Å². The van der Waals surface area contributed by atoms with Gasteiger partial charge in [0.2, 0.25) is 5.91 Å². The Balaban J connectivity index is 2.00. The molecule has 0 aliphatic heterocycles. The molecule has 0 aliphatic carbocycles. The lowest BCUT2D eigenvalue weighted by atomic mass is 10.1. The maximum absolute atomic E-state index is 11.8. The molecule has 0 saturated carbocycles. The summed E-state index contributed by atoms with van der Waals surface area (Å²) in [7, 11) is 3.13. The third-order valence-electron chi connectivity index (χ3n) is 3.07. The monoisotopic (exact) mass is 376 g/mol. The van der Waals surface area contributed by atoms with Crippen LogP contribution >= 0.6 is 15.9 Å². The van der Waals surface area contributed by atoms with E-state index >= 15 is 0 Å². The number of halogens is 1. The number of amides is 1. The number of nitrogens with zero attached hydrogens (tertiary/aromatic N) is 1. The molecule has 0 radical (unpaired) electrons. The van der Waals surface area contributed by atoms with Crippen LogP contribution in [0, 0.1) is 0 Å². The number of hydrogen-bond donors (Lipinski definition) is 1. The van der Waals surface area contributed by atoms with Gasteiger partial charge in [0.1, 0.15) is 0 Å². The second-order valence-corrected chi connectivity index (χ2v) is 5.55. The quantitative estimate of drug-likeness (QED) is 0.622. The third-order valence-corrected chi connectivity index (χ3v) is 3.66. The highest BCUT2D eigenvalue weighted by Crippen LogP contribution is 2.35. The molecule has 2 rings (SSSR count). The highest BCUT2D eigenvalue weighted by molar-refractivity contribution is 9.10. The number of hydrogen-bond acceptors (Lipinski definition) is 4. The summed E-state index contributed by atoms with van der Waals surface area (Å²) in [6, 6.07) is 13.1. The Bertz CT molecular complexity index is 702. The van der Waals surface area contributed by atoms with Crippen LogP contribution in [-0.2, 0) is 11.2 Å². The van der Waals surface area contributed by atoms with Gasteiger partial charge in [-0.1, -0.05) is 30.3 Å². The van der Waals surface area contributed by atoms with E-state index in [1.807, 2.05) is 36.4 Å². The maximum atomic E-state index is 11.8. The minimum Gasteiger partial charge on any atom is -0.493 e. The van der Waals surface area contributed by atoms with Crippen molar-refractivity contribution < 1.29 is 14.3 Å². The van der Waals surface area contributed by atoms with Gasteiger partial charge < -0.3 is 9.47 Å². The molecule has 0 heterocycles. The molecule has 0 bridgehead atoms. The minimum absolute atomic E-state index is 0.174. The van der Waals surface area contributed by atoms with Gasteiger partial charge >= 0.3 is 0 Å². The Hall–Kier alpha value is -2.34. The van der Waals surface area contributed by atoms with Gasteiger partial charge in [-0.15, -0.1) is 0 Å². The van der Waals surface area contributed by atoms with Gasteiger partial charge in [-0.25, -0.2) is 5.43 Å². The molecule has 0 atom stereocenters. The number of nitrogens with one attached hydrogen (secondary N) is 1. The van der Waals surface area contributed by atoms with E-state index in [2.05, 4.69) is 26.5 Å². The SMILES string of the molecule is COc1cc(C=NNC(=O)Cc2ccccc2)cc(Br)c1OC. The molecule has 2 aromatic rings. The second-order valence-electron chi connectivity index (χ2n) is 4.69. The average molecular weight is 377 g/mol. The van der Waals surface area contributed by atoms with Crippen LogP contribution in [0.25, 0.3) is 0 Å². The van der Waals surface area contributed by atoms with Gasteiger partial charge in [0, 0.05) is 0 Å². The molecule has 0 aliphatic rings. The fourth-order valence-electron chi connectivity index (χ4n) is 2.01. The Morgan fingerprint density at radius 2 is 1.96 bits per heavy atom. The second kappa shape index (κ2) is 8.33. The van der Waals surface area contributed by atoms with Crippen molar-refractivity contribution in [2.45, 2.75) is 6.42 Å². The third kappa shape index (κ3) is 4.82. The van der Waals surface area contributed by atoms with Crippen molar-refractivity contribution in [1.82, 2.24) is 5.43 Å². The molecule has 0 unspecified atom stereocenters. The summed E-state index contributed by atoms with van der Waals surface area (Å²) in [6.45, 7) is 0. The zero-order chi connectivity index (χ0) is 16.7. The van der Waals surface area contributed by atoms with Crippen LogP contribution in [0.4, 0.5) is 0 Å². The topological polar surface area (TPSA) is 59.9 Å². The smallest absolute Gasteiger partial charge is 0.244 e. The predicted octanol–water partition coefficient (Wildman–Crippen LogP) is 3.16. The van der Waals surface area contributed by atoms with Crippen molar-refractivity contribution in [2.24, 2.45) is 5.10 Å². The van der Waals surface area contributed by atoms with E-state index in [4.69, 9.17) is 9.47 Å². The molecular formula is C17H17BrN2O3. The Kier molecular flexibility index (Phi) is 6.17. The van der Waals surface area contributed by atoms with E-state index < -0.39 is 0 Å². The number of rotatable bonds is 6. The highest BCUT2D eigenvalue weighted by atomic mass is 79.9. The first-order chi connectivity index (χ1) is 11.1. The van der Waals surface area contributed by atoms with Crippen molar-refractivity contribution in [2.75, 3.05) is 14.2 Å². The van der Waals surface area contributed by atoms with Crippen molar-refractivity contribution in [3.63, 3.8) is 0 Å². The average Bonchev–Trinajstić information content (AvgIpc) is 2.55. The zero-order valence-electron chi connectivity index (χ0n) is 12.9. The van der Waals surface area contributed by atoms with E-state index in [0.29, 0.717) is 11.5 Å². The highest BCUT2D eigenvalue weighted by Gasteiger charge is 2.09. The molecule has 23 heavy (non-hydrogen) atoms. The van der Waals surface area contributed by atoms with E-state index in [1.54, 1.807) is 26.5 Å². The van der Waals surface area contributed by atoms with E-state index in [9.17, 15) is 4.79 Å². The van der Waals surface area contributed by atoms with Crippen LogP contribution < -0.4 is 14.9 Å². The van der Waals surface area contributed by atoms with Gasteiger partial charge in [-0.05, 0) is 39.2 Å². The largest absolute Gasteiger partial charge is 0.493 e. The summed E-state index contributed by atoms with van der Waals surface area (Å²) in [6.07, 6.45) is 1.84. The summed E-state index contributed by atoms with van der Waals surface area (Å²) < 4.78 is 11.3. The molecule has 120 valence electrons. The molecule has 5 nitrogen and oxygen atoms in total. The zero-order valence-corrected chi connectivity index (χ0v) is 14.5. The Morgan fingerprint density at radius 3 is 2.61 bits per heavy atom. The molecule has 1 N–H and O–H groups in total. The fraction of sp³-hybridized carbons (Fsp3) is 0.176. The molecule has 0 saturated heterocycles. The molecule has 0 spiro atoms. The van der Waals surface area contributed by atoms with Crippen LogP contribution in [0.5, 0.6) is 11.5 Å². The predicted molar refractivity (Wildman–Crippen MR) is 93.1 cm³/mol. The van der Waals surface area contributed by atoms with Crippen molar-refractivity contribution >= 4 is 28.1 Å². The number of hydrazone groups is 1. The molecule has 0 fully saturated rings. The summed E-state index contributed by atoms with van der Waals surface area (Å²) in [5, 5.41) is 3.97. The van der Waals surface area contributed by atoms with Crippen molar-refractivity contribution in [3.8, 4) is 11.5 Å². The molecular weight excluding hydrogens is 360 g/mol. The first kappa shape index (κ1) is 17.0. The first-order valence-corrected chi connectivity index (χ1v) is 7.70. The van der Waals surface area contributed by atoms with Gasteiger partial charge in [0.05, 0.1) is 31.3 Å².